The van der Waals surface area contributed by atoms with Crippen molar-refractivity contribution in [1.82, 2.24) is 0 Å². The summed E-state index contributed by atoms with van der Waals surface area (Å²) in [5.41, 5.74) is 2.30. The molecule has 0 saturated heterocycles. The lowest BCUT2D eigenvalue weighted by atomic mass is 9.99. The van der Waals surface area contributed by atoms with Crippen LogP contribution in [0.4, 0.5) is 5.69 Å². The van der Waals surface area contributed by atoms with Crippen LogP contribution >= 0.6 is 15.9 Å². The average molecular weight is 388 g/mol. The highest BCUT2D eigenvalue weighted by Gasteiger charge is 2.27. The van der Waals surface area contributed by atoms with Gasteiger partial charge in [0.15, 0.2) is 12.4 Å². The Labute approximate surface area is 147 Å². The quantitative estimate of drug-likeness (QED) is 0.643. The number of nitrogens with one attached hydrogen (secondary N) is 1. The molecule has 1 aliphatic rings. The van der Waals surface area contributed by atoms with E-state index in [-0.39, 0.29) is 24.2 Å². The highest BCUT2D eigenvalue weighted by Crippen LogP contribution is 2.32. The van der Waals surface area contributed by atoms with E-state index in [4.69, 9.17) is 4.74 Å². The molecule has 2 aromatic carbocycles. The van der Waals surface area contributed by atoms with Gasteiger partial charge in [0.05, 0.1) is 11.5 Å². The van der Waals surface area contributed by atoms with Crippen molar-refractivity contribution in [1.29, 1.82) is 0 Å². The summed E-state index contributed by atoms with van der Waals surface area (Å²) in [6.07, 6.45) is 0. The molecular formula is C18H14BrNO4. The molecule has 0 radical (unpaired) electrons. The third-order valence-electron chi connectivity index (χ3n) is 3.91. The van der Waals surface area contributed by atoms with Gasteiger partial charge >= 0.3 is 5.97 Å². The molecule has 122 valence electrons. The maximum atomic E-state index is 12.2. The van der Waals surface area contributed by atoms with Gasteiger partial charge in [-0.2, -0.15) is 0 Å². The second-order valence-electron chi connectivity index (χ2n) is 5.52. The average Bonchev–Trinajstić information content (AvgIpc) is 2.87. The number of carbonyl (C=O) groups excluding carboxylic acids is 3. The lowest BCUT2D eigenvalue weighted by Gasteiger charge is -2.07. The number of benzene rings is 2. The second kappa shape index (κ2) is 6.57. The fraction of sp³-hybridized carbons (Fsp3) is 0.167. The van der Waals surface area contributed by atoms with Crippen molar-refractivity contribution in [3.05, 3.63) is 63.6 Å². The Balaban J connectivity index is 1.67. The number of amides is 1. The lowest BCUT2D eigenvalue weighted by molar-refractivity contribution is -0.116. The number of ether oxygens (including phenoxy) is 1. The third kappa shape index (κ3) is 3.23. The van der Waals surface area contributed by atoms with Crippen LogP contribution in [0.1, 0.15) is 39.1 Å². The smallest absolute Gasteiger partial charge is 0.338 e. The molecule has 2 aromatic rings. The molecular weight excluding hydrogens is 374 g/mol. The molecule has 0 spiro atoms. The number of Topliss-reactive ketones (excluding diaryl/α,β-unsaturated/α-hetero) is 1. The van der Waals surface area contributed by atoms with Crippen LogP contribution in [0.25, 0.3) is 0 Å². The molecule has 3 rings (SSSR count). The number of halogens is 1. The van der Waals surface area contributed by atoms with Crippen LogP contribution in [0.2, 0.25) is 0 Å². The summed E-state index contributed by atoms with van der Waals surface area (Å²) in [5.74, 6) is -1.24. The van der Waals surface area contributed by atoms with Gasteiger partial charge in [0, 0.05) is 15.7 Å². The lowest BCUT2D eigenvalue weighted by Crippen LogP contribution is -2.14. The summed E-state index contributed by atoms with van der Waals surface area (Å²) in [5, 5.41) is 2.75. The molecule has 1 heterocycles. The van der Waals surface area contributed by atoms with Crippen LogP contribution in [0.5, 0.6) is 0 Å². The summed E-state index contributed by atoms with van der Waals surface area (Å²) in [7, 11) is 0. The zero-order valence-corrected chi connectivity index (χ0v) is 14.4. The number of fused-ring (bicyclic) bond motifs is 1. The van der Waals surface area contributed by atoms with E-state index in [1.54, 1.807) is 49.4 Å². The van der Waals surface area contributed by atoms with Gasteiger partial charge in [0.2, 0.25) is 5.91 Å². The molecule has 6 heteroatoms. The Hall–Kier alpha value is -2.47. The molecule has 1 atom stereocenters. The van der Waals surface area contributed by atoms with Crippen LogP contribution < -0.4 is 5.32 Å². The van der Waals surface area contributed by atoms with Gasteiger partial charge in [0.1, 0.15) is 0 Å². The normalized spacial score (nSPS) is 15.6. The minimum atomic E-state index is -0.553. The zero-order valence-electron chi connectivity index (χ0n) is 12.8. The number of hydrogen-bond donors (Lipinski definition) is 1. The molecule has 0 aliphatic carbocycles. The predicted octanol–water partition coefficient (Wildman–Crippen LogP) is 3.54. The van der Waals surface area contributed by atoms with Crippen LogP contribution in [0.3, 0.4) is 0 Å². The number of hydrogen-bond acceptors (Lipinski definition) is 4. The Morgan fingerprint density at radius 2 is 1.79 bits per heavy atom. The molecule has 0 bridgehead atoms. The SMILES string of the molecule is C[C@@H]1C(=O)Nc2ccc(C(=O)COC(=O)c3ccc(Br)cc3)cc21. The predicted molar refractivity (Wildman–Crippen MR) is 92.2 cm³/mol. The van der Waals surface area contributed by atoms with Crippen LogP contribution in [0.15, 0.2) is 46.9 Å². The minimum absolute atomic E-state index is 0.0868. The molecule has 24 heavy (non-hydrogen) atoms. The topological polar surface area (TPSA) is 72.5 Å². The van der Waals surface area contributed by atoms with Gasteiger partial charge < -0.3 is 10.1 Å². The van der Waals surface area contributed by atoms with Gasteiger partial charge in [-0.05, 0) is 55.0 Å². The van der Waals surface area contributed by atoms with E-state index in [0.717, 1.165) is 15.7 Å². The van der Waals surface area contributed by atoms with Gasteiger partial charge in [-0.1, -0.05) is 15.9 Å². The number of anilines is 1. The minimum Gasteiger partial charge on any atom is -0.454 e. The van der Waals surface area contributed by atoms with Crippen molar-refractivity contribution in [2.24, 2.45) is 0 Å². The third-order valence-corrected chi connectivity index (χ3v) is 4.43. The molecule has 0 saturated carbocycles. The zero-order chi connectivity index (χ0) is 17.3. The Bertz CT molecular complexity index is 829. The molecule has 0 unspecified atom stereocenters. The van der Waals surface area contributed by atoms with E-state index in [9.17, 15) is 14.4 Å². The number of ketones is 1. The van der Waals surface area contributed by atoms with E-state index in [1.165, 1.54) is 0 Å². The highest BCUT2D eigenvalue weighted by molar-refractivity contribution is 9.10. The van der Waals surface area contributed by atoms with Crippen molar-refractivity contribution >= 4 is 39.3 Å². The summed E-state index contributed by atoms with van der Waals surface area (Å²) in [4.78, 5) is 35.8. The molecule has 1 N–H and O–H groups in total. The Morgan fingerprint density at radius 3 is 2.50 bits per heavy atom. The largest absolute Gasteiger partial charge is 0.454 e. The van der Waals surface area contributed by atoms with Gasteiger partial charge in [-0.25, -0.2) is 4.79 Å². The fourth-order valence-corrected chi connectivity index (χ4v) is 2.74. The summed E-state index contributed by atoms with van der Waals surface area (Å²) >= 11 is 3.29. The molecule has 5 nitrogen and oxygen atoms in total. The summed E-state index contributed by atoms with van der Waals surface area (Å²) < 4.78 is 5.92. The van der Waals surface area contributed by atoms with E-state index in [1.807, 2.05) is 0 Å². The van der Waals surface area contributed by atoms with E-state index in [2.05, 4.69) is 21.2 Å². The maximum Gasteiger partial charge on any atom is 0.338 e. The van der Waals surface area contributed by atoms with Crippen LogP contribution in [-0.4, -0.2) is 24.3 Å². The van der Waals surface area contributed by atoms with Crippen molar-refractivity contribution in [2.45, 2.75) is 12.8 Å². The summed E-state index contributed by atoms with van der Waals surface area (Å²) in [6, 6.07) is 11.7. The van der Waals surface area contributed by atoms with E-state index < -0.39 is 5.97 Å². The highest BCUT2D eigenvalue weighted by atomic mass is 79.9. The molecule has 0 fully saturated rings. The summed E-state index contributed by atoms with van der Waals surface area (Å²) in [6.45, 7) is 1.44. The first-order chi connectivity index (χ1) is 11.5. The van der Waals surface area contributed by atoms with E-state index >= 15 is 0 Å². The molecule has 1 amide bonds. The first-order valence-corrected chi connectivity index (χ1v) is 8.15. The monoisotopic (exact) mass is 387 g/mol. The Kier molecular flexibility index (Phi) is 4.49. The standard InChI is InChI=1S/C18H14BrNO4/c1-10-14-8-12(4-7-15(14)20-17(10)22)16(21)9-24-18(23)11-2-5-13(19)6-3-11/h2-8,10H,9H2,1H3,(H,20,22)/t10-/m0/s1. The first kappa shape index (κ1) is 16.4. The van der Waals surface area contributed by atoms with Crippen molar-refractivity contribution in [3.8, 4) is 0 Å². The fourth-order valence-electron chi connectivity index (χ4n) is 2.47. The van der Waals surface area contributed by atoms with Crippen molar-refractivity contribution in [3.63, 3.8) is 0 Å². The van der Waals surface area contributed by atoms with Crippen molar-refractivity contribution < 1.29 is 19.1 Å². The van der Waals surface area contributed by atoms with Crippen LogP contribution in [-0.2, 0) is 9.53 Å². The number of esters is 1. The van der Waals surface area contributed by atoms with E-state index in [0.29, 0.717) is 11.1 Å². The van der Waals surface area contributed by atoms with Crippen LogP contribution in [0, 0.1) is 0 Å². The van der Waals surface area contributed by atoms with Gasteiger partial charge in [0.25, 0.3) is 0 Å². The number of carbonyl (C=O) groups is 3. The van der Waals surface area contributed by atoms with Gasteiger partial charge in [-0.15, -0.1) is 0 Å². The first-order valence-electron chi connectivity index (χ1n) is 7.36. The Morgan fingerprint density at radius 1 is 1.12 bits per heavy atom. The molecule has 0 aromatic heterocycles. The van der Waals surface area contributed by atoms with Gasteiger partial charge in [-0.3, -0.25) is 9.59 Å². The van der Waals surface area contributed by atoms with Crippen molar-refractivity contribution in [2.75, 3.05) is 11.9 Å². The number of rotatable bonds is 4. The maximum absolute atomic E-state index is 12.2. The molecule has 1 aliphatic heterocycles. The second-order valence-corrected chi connectivity index (χ2v) is 6.43.